The van der Waals surface area contributed by atoms with E-state index in [1.165, 1.54) is 14.0 Å². The summed E-state index contributed by atoms with van der Waals surface area (Å²) < 4.78 is 18.4. The van der Waals surface area contributed by atoms with Gasteiger partial charge in [-0.25, -0.2) is 4.39 Å². The molecule has 0 aromatic heterocycles. The van der Waals surface area contributed by atoms with E-state index in [2.05, 4.69) is 5.32 Å². The Morgan fingerprint density at radius 3 is 2.74 bits per heavy atom. The summed E-state index contributed by atoms with van der Waals surface area (Å²) in [5, 5.41) is 21.9. The number of anilines is 1. The molecule has 104 valence electrons. The smallest absolute Gasteiger partial charge is 0.313 e. The minimum atomic E-state index is -1.03. The minimum absolute atomic E-state index is 0.00673. The van der Waals surface area contributed by atoms with Gasteiger partial charge in [-0.3, -0.25) is 14.9 Å². The van der Waals surface area contributed by atoms with Crippen molar-refractivity contribution >= 4 is 17.3 Å². The topological polar surface area (TPSA) is 102 Å². The van der Waals surface area contributed by atoms with E-state index in [9.17, 15) is 19.3 Å². The molecule has 0 spiro atoms. The first-order valence-corrected chi connectivity index (χ1v) is 5.35. The van der Waals surface area contributed by atoms with Gasteiger partial charge in [-0.15, -0.1) is 0 Å². The van der Waals surface area contributed by atoms with Crippen LogP contribution in [0.15, 0.2) is 12.1 Å². The molecule has 0 heterocycles. The van der Waals surface area contributed by atoms with E-state index < -0.39 is 28.3 Å². The van der Waals surface area contributed by atoms with Crippen molar-refractivity contribution in [1.82, 2.24) is 0 Å². The van der Waals surface area contributed by atoms with E-state index in [0.717, 1.165) is 12.1 Å². The van der Waals surface area contributed by atoms with Crippen molar-refractivity contribution in [1.29, 1.82) is 0 Å². The van der Waals surface area contributed by atoms with E-state index in [-0.39, 0.29) is 18.0 Å². The summed E-state index contributed by atoms with van der Waals surface area (Å²) >= 11 is 0. The number of carboxylic acids is 1. The minimum Gasteiger partial charge on any atom is -0.490 e. The molecule has 0 radical (unpaired) electrons. The Morgan fingerprint density at radius 2 is 2.26 bits per heavy atom. The number of carbonyl (C=O) groups is 1. The van der Waals surface area contributed by atoms with Crippen molar-refractivity contribution in [2.45, 2.75) is 6.92 Å². The van der Waals surface area contributed by atoms with Gasteiger partial charge in [0.15, 0.2) is 11.6 Å². The first kappa shape index (κ1) is 14.7. The van der Waals surface area contributed by atoms with Crippen LogP contribution in [0.1, 0.15) is 6.92 Å². The van der Waals surface area contributed by atoms with Gasteiger partial charge in [0.1, 0.15) is 0 Å². The van der Waals surface area contributed by atoms with Crippen LogP contribution in [0.4, 0.5) is 15.8 Å². The number of rotatable bonds is 6. The average Bonchev–Trinajstić information content (AvgIpc) is 2.36. The van der Waals surface area contributed by atoms with Crippen molar-refractivity contribution in [3.63, 3.8) is 0 Å². The molecule has 0 aliphatic heterocycles. The molecule has 0 saturated heterocycles. The molecule has 1 aromatic rings. The number of hydrogen-bond donors (Lipinski definition) is 2. The molecule has 1 unspecified atom stereocenters. The summed E-state index contributed by atoms with van der Waals surface area (Å²) in [4.78, 5) is 20.5. The van der Waals surface area contributed by atoms with Crippen LogP contribution < -0.4 is 10.1 Å². The fourth-order valence-electron chi connectivity index (χ4n) is 1.33. The second kappa shape index (κ2) is 5.98. The molecule has 7 nitrogen and oxygen atoms in total. The number of ether oxygens (including phenoxy) is 1. The number of halogens is 1. The fraction of sp³-hybridized carbons (Fsp3) is 0.364. The summed E-state index contributed by atoms with van der Waals surface area (Å²) in [6.07, 6.45) is 0. The van der Waals surface area contributed by atoms with Crippen LogP contribution in [0.25, 0.3) is 0 Å². The molecule has 1 aromatic carbocycles. The molecule has 8 heteroatoms. The average molecular weight is 272 g/mol. The Bertz CT molecular complexity index is 506. The third-order valence-corrected chi connectivity index (χ3v) is 2.49. The van der Waals surface area contributed by atoms with Crippen LogP contribution in [-0.4, -0.2) is 29.7 Å². The summed E-state index contributed by atoms with van der Waals surface area (Å²) in [5.74, 6) is -2.69. The maximum Gasteiger partial charge on any atom is 0.313 e. The highest BCUT2D eigenvalue weighted by molar-refractivity contribution is 5.70. The molecular weight excluding hydrogens is 259 g/mol. The highest BCUT2D eigenvalue weighted by Gasteiger charge is 2.20. The molecule has 1 atom stereocenters. The fourth-order valence-corrected chi connectivity index (χ4v) is 1.33. The molecule has 2 N–H and O–H groups in total. The van der Waals surface area contributed by atoms with Gasteiger partial charge in [-0.2, -0.15) is 0 Å². The van der Waals surface area contributed by atoms with Crippen molar-refractivity contribution < 1.29 is 24.0 Å². The largest absolute Gasteiger partial charge is 0.490 e. The van der Waals surface area contributed by atoms with Gasteiger partial charge in [0.05, 0.1) is 29.7 Å². The summed E-state index contributed by atoms with van der Waals surface area (Å²) in [6, 6.07) is 1.86. The summed E-state index contributed by atoms with van der Waals surface area (Å²) in [7, 11) is 1.23. The highest BCUT2D eigenvalue weighted by Crippen LogP contribution is 2.32. The molecule has 1 rings (SSSR count). The van der Waals surface area contributed by atoms with E-state index >= 15 is 0 Å². The predicted molar refractivity (Wildman–Crippen MR) is 64.9 cm³/mol. The molecule has 0 bridgehead atoms. The molecule has 0 aliphatic rings. The van der Waals surface area contributed by atoms with Crippen LogP contribution in [0.5, 0.6) is 5.75 Å². The maximum absolute atomic E-state index is 13.6. The van der Waals surface area contributed by atoms with E-state index in [0.29, 0.717) is 0 Å². The lowest BCUT2D eigenvalue weighted by molar-refractivity contribution is -0.385. The number of nitrogens with zero attached hydrogens (tertiary/aromatic N) is 1. The van der Waals surface area contributed by atoms with Crippen molar-refractivity contribution in [2.24, 2.45) is 5.92 Å². The van der Waals surface area contributed by atoms with Gasteiger partial charge < -0.3 is 15.2 Å². The second-order valence-corrected chi connectivity index (χ2v) is 3.88. The highest BCUT2D eigenvalue weighted by atomic mass is 19.1. The number of methoxy groups -OCH3 is 1. The summed E-state index contributed by atoms with van der Waals surface area (Å²) in [6.45, 7) is 1.45. The zero-order valence-corrected chi connectivity index (χ0v) is 10.3. The van der Waals surface area contributed by atoms with Gasteiger partial charge in [-0.05, 0) is 0 Å². The molecular formula is C11H13FN2O5. The third-order valence-electron chi connectivity index (χ3n) is 2.49. The lowest BCUT2D eigenvalue weighted by Gasteiger charge is -2.11. The zero-order chi connectivity index (χ0) is 14.6. The first-order chi connectivity index (χ1) is 8.86. The predicted octanol–water partition coefficient (Wildman–Crippen LogP) is 1.88. The summed E-state index contributed by atoms with van der Waals surface area (Å²) in [5.41, 5.74) is -0.535. The Balaban J connectivity index is 2.97. The number of nitro groups is 1. The van der Waals surface area contributed by atoms with Crippen molar-refractivity contribution in [3.05, 3.63) is 28.1 Å². The van der Waals surface area contributed by atoms with Crippen LogP contribution in [-0.2, 0) is 4.79 Å². The lowest BCUT2D eigenvalue weighted by atomic mass is 10.1. The molecule has 0 saturated carbocycles. The zero-order valence-electron chi connectivity index (χ0n) is 10.3. The van der Waals surface area contributed by atoms with Crippen LogP contribution in [0.3, 0.4) is 0 Å². The van der Waals surface area contributed by atoms with Crippen molar-refractivity contribution in [2.75, 3.05) is 19.0 Å². The van der Waals surface area contributed by atoms with Gasteiger partial charge in [-0.1, -0.05) is 6.92 Å². The normalized spacial score (nSPS) is 11.7. The van der Waals surface area contributed by atoms with E-state index in [1.807, 2.05) is 0 Å². The molecule has 0 amide bonds. The lowest BCUT2D eigenvalue weighted by Crippen LogP contribution is -2.20. The van der Waals surface area contributed by atoms with E-state index in [4.69, 9.17) is 9.84 Å². The quantitative estimate of drug-likeness (QED) is 0.605. The SMILES string of the molecule is COc1cc(NCC(C)C(=O)O)c(F)cc1[N+](=O)[O-]. The Labute approximate surface area is 108 Å². The number of benzene rings is 1. The molecule has 0 fully saturated rings. The van der Waals surface area contributed by atoms with Gasteiger partial charge in [0, 0.05) is 12.6 Å². The van der Waals surface area contributed by atoms with Crippen LogP contribution in [0, 0.1) is 21.8 Å². The Kier molecular flexibility index (Phi) is 4.62. The Morgan fingerprint density at radius 1 is 1.63 bits per heavy atom. The number of carboxylic acid groups (broad SMARTS) is 1. The Hall–Kier alpha value is -2.38. The molecule has 0 aliphatic carbocycles. The number of hydrogen-bond acceptors (Lipinski definition) is 5. The monoisotopic (exact) mass is 272 g/mol. The molecule has 19 heavy (non-hydrogen) atoms. The standard InChI is InChI=1S/C11H13FN2O5/c1-6(11(15)16)5-13-8-4-10(19-2)9(14(17)18)3-7(8)12/h3-4,6,13H,5H2,1-2H3,(H,15,16). The van der Waals surface area contributed by atoms with E-state index in [1.54, 1.807) is 0 Å². The number of nitro benzene ring substituents is 1. The van der Waals surface area contributed by atoms with Gasteiger partial charge >= 0.3 is 11.7 Å². The maximum atomic E-state index is 13.6. The van der Waals surface area contributed by atoms with Gasteiger partial charge in [0.2, 0.25) is 0 Å². The van der Waals surface area contributed by atoms with Crippen LogP contribution in [0.2, 0.25) is 0 Å². The number of aliphatic carboxylic acids is 1. The van der Waals surface area contributed by atoms with Crippen molar-refractivity contribution in [3.8, 4) is 5.75 Å². The second-order valence-electron chi connectivity index (χ2n) is 3.88. The third kappa shape index (κ3) is 3.54. The number of nitrogens with one attached hydrogen (secondary N) is 1. The van der Waals surface area contributed by atoms with Gasteiger partial charge in [0.25, 0.3) is 0 Å². The first-order valence-electron chi connectivity index (χ1n) is 5.35. The van der Waals surface area contributed by atoms with Crippen LogP contribution >= 0.6 is 0 Å².